The molecule has 1 atom stereocenters. The molecule has 94 valence electrons. The number of anilines is 2. The highest BCUT2D eigenvalue weighted by Gasteiger charge is 2.21. The minimum atomic E-state index is 0.618. The van der Waals surface area contributed by atoms with Crippen molar-refractivity contribution in [3.05, 3.63) is 22.7 Å². The maximum atomic E-state index is 6.05. The van der Waals surface area contributed by atoms with E-state index in [1.807, 2.05) is 12.1 Å². The minimum absolute atomic E-state index is 0.618. The number of nitrogens with zero attached hydrogens (tertiary/aromatic N) is 1. The zero-order valence-electron chi connectivity index (χ0n) is 10.2. The van der Waals surface area contributed by atoms with Crippen LogP contribution in [0.25, 0.3) is 0 Å². The molecule has 2 rings (SSSR count). The van der Waals surface area contributed by atoms with Gasteiger partial charge in [-0.15, -0.1) is 0 Å². The molecular weight excluding hydrogens is 280 g/mol. The molecule has 1 aromatic rings. The number of benzene rings is 1. The lowest BCUT2D eigenvalue weighted by molar-refractivity contribution is 0.143. The van der Waals surface area contributed by atoms with Crippen molar-refractivity contribution in [1.82, 2.24) is 0 Å². The summed E-state index contributed by atoms with van der Waals surface area (Å²) in [5, 5.41) is 0. The Balaban J connectivity index is 2.13. The predicted octanol–water partition coefficient (Wildman–Crippen LogP) is 2.89. The number of nitrogens with two attached hydrogens (primary N) is 1. The number of methoxy groups -OCH3 is 1. The summed E-state index contributed by atoms with van der Waals surface area (Å²) in [5.74, 6) is 0.618. The smallest absolute Gasteiger partial charge is 0.0611 e. The second-order valence-corrected chi connectivity index (χ2v) is 5.53. The number of rotatable bonds is 3. The van der Waals surface area contributed by atoms with E-state index in [4.69, 9.17) is 10.5 Å². The van der Waals surface area contributed by atoms with Gasteiger partial charge in [0.1, 0.15) is 0 Å². The Morgan fingerprint density at radius 3 is 3.12 bits per heavy atom. The molecule has 0 saturated carbocycles. The minimum Gasteiger partial charge on any atom is -0.397 e. The van der Waals surface area contributed by atoms with E-state index in [2.05, 4.69) is 26.9 Å². The third-order valence-electron chi connectivity index (χ3n) is 3.25. The van der Waals surface area contributed by atoms with Crippen LogP contribution in [-0.4, -0.2) is 26.8 Å². The predicted molar refractivity (Wildman–Crippen MR) is 75.4 cm³/mol. The zero-order valence-corrected chi connectivity index (χ0v) is 11.7. The van der Waals surface area contributed by atoms with Crippen molar-refractivity contribution in [2.45, 2.75) is 12.8 Å². The van der Waals surface area contributed by atoms with E-state index >= 15 is 0 Å². The molecular formula is C13H19BrN2O. The molecule has 3 nitrogen and oxygen atoms in total. The summed E-state index contributed by atoms with van der Waals surface area (Å²) in [6.07, 6.45) is 2.46. The van der Waals surface area contributed by atoms with Crippen LogP contribution in [0.1, 0.15) is 12.8 Å². The normalized spacial score (nSPS) is 20.6. The lowest BCUT2D eigenvalue weighted by atomic mass is 9.98. The lowest BCUT2D eigenvalue weighted by Crippen LogP contribution is -2.37. The van der Waals surface area contributed by atoms with Crippen molar-refractivity contribution in [1.29, 1.82) is 0 Å². The summed E-state index contributed by atoms with van der Waals surface area (Å²) < 4.78 is 6.33. The molecule has 0 bridgehead atoms. The maximum Gasteiger partial charge on any atom is 0.0611 e. The Morgan fingerprint density at radius 2 is 2.35 bits per heavy atom. The Morgan fingerprint density at radius 1 is 1.53 bits per heavy atom. The van der Waals surface area contributed by atoms with E-state index in [9.17, 15) is 0 Å². The molecule has 4 heteroatoms. The van der Waals surface area contributed by atoms with Crippen LogP contribution in [-0.2, 0) is 4.74 Å². The highest BCUT2D eigenvalue weighted by molar-refractivity contribution is 9.10. The van der Waals surface area contributed by atoms with Gasteiger partial charge in [-0.2, -0.15) is 0 Å². The van der Waals surface area contributed by atoms with E-state index in [0.717, 1.165) is 35.5 Å². The Kier molecular flexibility index (Phi) is 4.29. The first-order valence-corrected chi connectivity index (χ1v) is 6.79. The maximum absolute atomic E-state index is 6.05. The first-order chi connectivity index (χ1) is 8.20. The van der Waals surface area contributed by atoms with Gasteiger partial charge in [0.25, 0.3) is 0 Å². The monoisotopic (exact) mass is 298 g/mol. The van der Waals surface area contributed by atoms with Crippen molar-refractivity contribution >= 4 is 27.3 Å². The van der Waals surface area contributed by atoms with Crippen LogP contribution < -0.4 is 10.6 Å². The molecule has 0 spiro atoms. The van der Waals surface area contributed by atoms with Crippen molar-refractivity contribution in [3.8, 4) is 0 Å². The van der Waals surface area contributed by atoms with E-state index in [-0.39, 0.29) is 0 Å². The van der Waals surface area contributed by atoms with Crippen LogP contribution in [0.5, 0.6) is 0 Å². The first kappa shape index (κ1) is 12.7. The number of hydrogen-bond donors (Lipinski definition) is 1. The lowest BCUT2D eigenvalue weighted by Gasteiger charge is -2.34. The fourth-order valence-electron chi connectivity index (χ4n) is 2.45. The van der Waals surface area contributed by atoms with Crippen molar-refractivity contribution in [3.63, 3.8) is 0 Å². The standard InChI is InChI=1S/C13H19BrN2O/c1-17-9-10-3-2-6-16(8-10)13-7-11(14)4-5-12(13)15/h4-5,7,10H,2-3,6,8-9,15H2,1H3. The van der Waals surface area contributed by atoms with Crippen LogP contribution in [0.4, 0.5) is 11.4 Å². The van der Waals surface area contributed by atoms with Crippen LogP contribution in [0, 0.1) is 5.92 Å². The van der Waals surface area contributed by atoms with E-state index in [1.165, 1.54) is 12.8 Å². The van der Waals surface area contributed by atoms with Crippen molar-refractivity contribution in [2.75, 3.05) is 37.4 Å². The topological polar surface area (TPSA) is 38.5 Å². The summed E-state index contributed by atoms with van der Waals surface area (Å²) in [4.78, 5) is 2.37. The van der Waals surface area contributed by atoms with Crippen molar-refractivity contribution < 1.29 is 4.74 Å². The van der Waals surface area contributed by atoms with E-state index in [0.29, 0.717) is 5.92 Å². The van der Waals surface area contributed by atoms with Crippen LogP contribution in [0.2, 0.25) is 0 Å². The molecule has 0 radical (unpaired) electrons. The second-order valence-electron chi connectivity index (χ2n) is 4.61. The summed E-state index contributed by atoms with van der Waals surface area (Å²) in [6.45, 7) is 2.96. The fourth-order valence-corrected chi connectivity index (χ4v) is 2.80. The molecule has 1 aliphatic heterocycles. The number of nitrogen functional groups attached to an aromatic ring is 1. The summed E-state index contributed by atoms with van der Waals surface area (Å²) >= 11 is 3.50. The molecule has 1 aromatic carbocycles. The Bertz CT molecular complexity index is 382. The van der Waals surface area contributed by atoms with E-state index in [1.54, 1.807) is 7.11 Å². The zero-order chi connectivity index (χ0) is 12.3. The number of ether oxygens (including phenoxy) is 1. The van der Waals surface area contributed by atoms with E-state index < -0.39 is 0 Å². The Labute approximate surface area is 111 Å². The summed E-state index contributed by atoms with van der Waals surface area (Å²) in [7, 11) is 1.77. The molecule has 1 unspecified atom stereocenters. The van der Waals surface area contributed by atoms with Gasteiger partial charge >= 0.3 is 0 Å². The van der Waals surface area contributed by atoms with Crippen LogP contribution >= 0.6 is 15.9 Å². The third kappa shape index (κ3) is 3.13. The fraction of sp³-hybridized carbons (Fsp3) is 0.538. The van der Waals surface area contributed by atoms with Crippen LogP contribution in [0.3, 0.4) is 0 Å². The van der Waals surface area contributed by atoms with Crippen LogP contribution in [0.15, 0.2) is 22.7 Å². The molecule has 1 fully saturated rings. The third-order valence-corrected chi connectivity index (χ3v) is 3.75. The molecule has 1 heterocycles. The largest absolute Gasteiger partial charge is 0.397 e. The number of hydrogen-bond acceptors (Lipinski definition) is 3. The molecule has 2 N–H and O–H groups in total. The van der Waals surface area contributed by atoms with Gasteiger partial charge in [-0.3, -0.25) is 0 Å². The molecule has 0 aromatic heterocycles. The Hall–Kier alpha value is -0.740. The molecule has 1 aliphatic rings. The molecule has 0 amide bonds. The van der Waals surface area contributed by atoms with Gasteiger partial charge in [0.15, 0.2) is 0 Å². The second kappa shape index (κ2) is 5.74. The average molecular weight is 299 g/mol. The number of piperidine rings is 1. The SMILES string of the molecule is COCC1CCCN(c2cc(Br)ccc2N)C1. The first-order valence-electron chi connectivity index (χ1n) is 5.99. The average Bonchev–Trinajstić information content (AvgIpc) is 2.33. The van der Waals surface area contributed by atoms with Gasteiger partial charge in [-0.1, -0.05) is 15.9 Å². The highest BCUT2D eigenvalue weighted by atomic mass is 79.9. The quantitative estimate of drug-likeness (QED) is 0.872. The molecule has 17 heavy (non-hydrogen) atoms. The van der Waals surface area contributed by atoms with Gasteiger partial charge in [0.2, 0.25) is 0 Å². The molecule has 0 aliphatic carbocycles. The highest BCUT2D eigenvalue weighted by Crippen LogP contribution is 2.30. The summed E-state index contributed by atoms with van der Waals surface area (Å²) in [6, 6.07) is 6.04. The number of halogens is 1. The van der Waals surface area contributed by atoms with Crippen molar-refractivity contribution in [2.24, 2.45) is 5.92 Å². The van der Waals surface area contributed by atoms with Gasteiger partial charge < -0.3 is 15.4 Å². The summed E-state index contributed by atoms with van der Waals surface area (Å²) in [5.41, 5.74) is 8.04. The van der Waals surface area contributed by atoms with Gasteiger partial charge in [-0.25, -0.2) is 0 Å². The van der Waals surface area contributed by atoms with Gasteiger partial charge in [-0.05, 0) is 37.0 Å². The van der Waals surface area contributed by atoms with Gasteiger partial charge in [0.05, 0.1) is 18.0 Å². The molecule has 1 saturated heterocycles. The van der Waals surface area contributed by atoms with Gasteiger partial charge in [0, 0.05) is 24.7 Å².